The Labute approximate surface area is 132 Å². The van der Waals surface area contributed by atoms with E-state index in [9.17, 15) is 35.7 Å². The highest BCUT2D eigenvalue weighted by Crippen LogP contribution is 2.37. The van der Waals surface area contributed by atoms with Crippen molar-refractivity contribution in [3.05, 3.63) is 0 Å². The van der Waals surface area contributed by atoms with Crippen molar-refractivity contribution in [3.63, 3.8) is 0 Å². The first-order valence-electron chi connectivity index (χ1n) is 7.39. The van der Waals surface area contributed by atoms with Gasteiger partial charge in [0.25, 0.3) is 0 Å². The van der Waals surface area contributed by atoms with Crippen LogP contribution in [0.3, 0.4) is 0 Å². The van der Waals surface area contributed by atoms with Gasteiger partial charge in [-0.25, -0.2) is 0 Å². The molecule has 1 saturated carbocycles. The lowest BCUT2D eigenvalue weighted by atomic mass is 9.81. The van der Waals surface area contributed by atoms with Gasteiger partial charge in [0.05, 0.1) is 18.8 Å². The van der Waals surface area contributed by atoms with Gasteiger partial charge in [-0.2, -0.15) is 0 Å². The van der Waals surface area contributed by atoms with Gasteiger partial charge in [0.1, 0.15) is 37.1 Å². The number of rotatable bonds is 5. The first kappa shape index (κ1) is 18.9. The molecule has 23 heavy (non-hydrogen) atoms. The van der Waals surface area contributed by atoms with Crippen LogP contribution in [0.25, 0.3) is 0 Å². The second-order valence-corrected chi connectivity index (χ2v) is 6.05. The predicted octanol–water partition coefficient (Wildman–Crippen LogP) is -4.73. The van der Waals surface area contributed by atoms with Crippen LogP contribution in [0.2, 0.25) is 0 Å². The highest BCUT2D eigenvalue weighted by molar-refractivity contribution is 5.00. The predicted molar refractivity (Wildman–Crippen MR) is 71.9 cm³/mol. The molecule has 0 aromatic carbocycles. The van der Waals surface area contributed by atoms with Crippen LogP contribution < -0.4 is 0 Å². The molecule has 1 heterocycles. The monoisotopic (exact) mass is 340 g/mol. The average molecular weight is 340 g/mol. The zero-order valence-corrected chi connectivity index (χ0v) is 12.3. The van der Waals surface area contributed by atoms with Crippen molar-refractivity contribution < 1.29 is 50.3 Å². The molecule has 10 nitrogen and oxygen atoms in total. The molecule has 0 spiro atoms. The minimum atomic E-state index is -2.10. The van der Waals surface area contributed by atoms with Crippen molar-refractivity contribution in [3.8, 4) is 0 Å². The van der Waals surface area contributed by atoms with E-state index in [1.54, 1.807) is 0 Å². The van der Waals surface area contributed by atoms with E-state index in [1.165, 1.54) is 0 Å². The summed E-state index contributed by atoms with van der Waals surface area (Å²) in [6, 6.07) is 0. The highest BCUT2D eigenvalue weighted by atomic mass is 16.7. The summed E-state index contributed by atoms with van der Waals surface area (Å²) in [6.07, 6.45) is -10.2. The van der Waals surface area contributed by atoms with Crippen LogP contribution in [-0.4, -0.2) is 109 Å². The summed E-state index contributed by atoms with van der Waals surface area (Å²) < 4.78 is 10.7. The van der Waals surface area contributed by atoms with Crippen LogP contribution in [0.5, 0.6) is 0 Å². The van der Waals surface area contributed by atoms with Crippen molar-refractivity contribution in [1.82, 2.24) is 0 Å². The molecule has 1 aliphatic heterocycles. The van der Waals surface area contributed by atoms with Crippen LogP contribution in [0.4, 0.5) is 0 Å². The summed E-state index contributed by atoms with van der Waals surface area (Å²) in [5, 5.41) is 77.3. The Hall–Kier alpha value is -0.400. The van der Waals surface area contributed by atoms with E-state index in [-0.39, 0.29) is 6.42 Å². The molecule has 1 saturated heterocycles. The normalized spacial score (nSPS) is 51.1. The molecule has 10 heteroatoms. The molecular formula is C13H24O10. The smallest absolute Gasteiger partial charge is 0.221 e. The number of aliphatic hydroxyl groups excluding tert-OH is 8. The number of hydrogen-bond donors (Lipinski definition) is 8. The fraction of sp³-hybridized carbons (Fsp3) is 1.00. The standard InChI is InChI=1S/C13H24O10/c14-2-5-1-6(9(18)11(20)8(5)17)22-13(4-16)12(21)10(19)7(3-15)23-13/h5-12,14-21H,1-4H2/t5?,6-,7+,8+,9?,10-,11-,12?,13+/m0/s1. The van der Waals surface area contributed by atoms with Crippen LogP contribution in [0.1, 0.15) is 6.42 Å². The van der Waals surface area contributed by atoms with Gasteiger partial charge in [-0.3, -0.25) is 0 Å². The summed E-state index contributed by atoms with van der Waals surface area (Å²) in [7, 11) is 0. The summed E-state index contributed by atoms with van der Waals surface area (Å²) in [6.45, 7) is -1.98. The molecule has 0 aromatic rings. The van der Waals surface area contributed by atoms with E-state index < -0.39 is 74.3 Å². The number of hydrogen-bond acceptors (Lipinski definition) is 10. The van der Waals surface area contributed by atoms with E-state index >= 15 is 0 Å². The van der Waals surface area contributed by atoms with E-state index in [4.69, 9.17) is 14.6 Å². The third-order valence-corrected chi connectivity index (χ3v) is 4.59. The number of aliphatic hydroxyl groups is 8. The zero-order chi connectivity index (χ0) is 17.4. The van der Waals surface area contributed by atoms with Crippen molar-refractivity contribution in [2.24, 2.45) is 5.92 Å². The summed E-state index contributed by atoms with van der Waals surface area (Å²) in [4.78, 5) is 0. The van der Waals surface area contributed by atoms with Crippen molar-refractivity contribution in [2.75, 3.05) is 19.8 Å². The van der Waals surface area contributed by atoms with Crippen molar-refractivity contribution >= 4 is 0 Å². The third-order valence-electron chi connectivity index (χ3n) is 4.59. The Balaban J connectivity index is 2.18. The van der Waals surface area contributed by atoms with Crippen LogP contribution in [0, 0.1) is 5.92 Å². The maximum absolute atomic E-state index is 10.1. The first-order chi connectivity index (χ1) is 10.8. The molecule has 8 N–H and O–H groups in total. The van der Waals surface area contributed by atoms with Crippen molar-refractivity contribution in [2.45, 2.75) is 54.9 Å². The molecule has 2 aliphatic rings. The fourth-order valence-electron chi connectivity index (χ4n) is 3.10. The lowest BCUT2D eigenvalue weighted by Gasteiger charge is -2.43. The number of ether oxygens (including phenoxy) is 2. The molecule has 0 aromatic heterocycles. The van der Waals surface area contributed by atoms with Gasteiger partial charge in [0.15, 0.2) is 0 Å². The molecule has 0 amide bonds. The van der Waals surface area contributed by atoms with Crippen LogP contribution in [0.15, 0.2) is 0 Å². The van der Waals surface area contributed by atoms with Crippen LogP contribution in [-0.2, 0) is 9.47 Å². The quantitative estimate of drug-likeness (QED) is 0.242. The van der Waals surface area contributed by atoms with E-state index in [1.807, 2.05) is 0 Å². The topological polar surface area (TPSA) is 180 Å². The maximum atomic E-state index is 10.1. The molecular weight excluding hydrogens is 316 g/mol. The Kier molecular flexibility index (Phi) is 5.95. The van der Waals surface area contributed by atoms with Gasteiger partial charge in [-0.1, -0.05) is 0 Å². The molecule has 136 valence electrons. The van der Waals surface area contributed by atoms with E-state index in [0.29, 0.717) is 0 Å². The Morgan fingerprint density at radius 3 is 2.00 bits per heavy atom. The SMILES string of the molecule is OCC1C[C@H](O[C@]2(CO)O[C@H](CO)[C@H](O)C2O)C(O)[C@@H](O)[C@@H]1O. The van der Waals surface area contributed by atoms with Crippen LogP contribution >= 0.6 is 0 Å². The van der Waals surface area contributed by atoms with Gasteiger partial charge in [0, 0.05) is 12.5 Å². The fourth-order valence-corrected chi connectivity index (χ4v) is 3.10. The average Bonchev–Trinajstić information content (AvgIpc) is 2.80. The van der Waals surface area contributed by atoms with Gasteiger partial charge < -0.3 is 50.3 Å². The molecule has 1 aliphatic carbocycles. The summed E-state index contributed by atoms with van der Waals surface area (Å²) >= 11 is 0. The maximum Gasteiger partial charge on any atom is 0.221 e. The molecule has 2 fully saturated rings. The largest absolute Gasteiger partial charge is 0.396 e. The molecule has 2 rings (SSSR count). The first-order valence-corrected chi connectivity index (χ1v) is 7.39. The summed E-state index contributed by atoms with van der Waals surface area (Å²) in [5.74, 6) is -2.88. The molecule has 0 bridgehead atoms. The third kappa shape index (κ3) is 3.24. The lowest BCUT2D eigenvalue weighted by molar-refractivity contribution is -0.319. The highest BCUT2D eigenvalue weighted by Gasteiger charge is 2.57. The second-order valence-electron chi connectivity index (χ2n) is 6.05. The Morgan fingerprint density at radius 2 is 1.52 bits per heavy atom. The molecule has 0 radical (unpaired) electrons. The van der Waals surface area contributed by atoms with Crippen molar-refractivity contribution in [1.29, 1.82) is 0 Å². The van der Waals surface area contributed by atoms with Gasteiger partial charge in [-0.15, -0.1) is 0 Å². The molecule has 3 unspecified atom stereocenters. The minimum Gasteiger partial charge on any atom is -0.396 e. The Morgan fingerprint density at radius 1 is 0.870 bits per heavy atom. The Bertz CT molecular complexity index is 393. The van der Waals surface area contributed by atoms with Gasteiger partial charge in [0.2, 0.25) is 5.79 Å². The minimum absolute atomic E-state index is 0.0758. The van der Waals surface area contributed by atoms with E-state index in [0.717, 1.165) is 0 Å². The second kappa shape index (κ2) is 7.23. The lowest BCUT2D eigenvalue weighted by Crippen LogP contribution is -2.59. The van der Waals surface area contributed by atoms with E-state index in [2.05, 4.69) is 0 Å². The van der Waals surface area contributed by atoms with Gasteiger partial charge >= 0.3 is 0 Å². The van der Waals surface area contributed by atoms with Gasteiger partial charge in [-0.05, 0) is 6.42 Å². The zero-order valence-electron chi connectivity index (χ0n) is 12.3. The molecule has 9 atom stereocenters. The summed E-state index contributed by atoms with van der Waals surface area (Å²) in [5.41, 5.74) is 0.